The molecule has 8 nitrogen and oxygen atoms in total. The second-order valence-corrected chi connectivity index (χ2v) is 4.64. The lowest BCUT2D eigenvalue weighted by Gasteiger charge is -2.17. The molecule has 0 fully saturated rings. The number of rotatable bonds is 7. The van der Waals surface area contributed by atoms with E-state index in [4.69, 9.17) is 9.84 Å². The summed E-state index contributed by atoms with van der Waals surface area (Å²) in [7, 11) is 1.59. The molecule has 0 aliphatic heterocycles. The number of amides is 2. The third-order valence-electron chi connectivity index (χ3n) is 2.63. The first kappa shape index (κ1) is 16.0. The molecule has 8 heteroatoms. The number of nitrogens with zero attached hydrogens (tertiary/aromatic N) is 2. The Balaban J connectivity index is 2.53. The molecule has 2 amide bonds. The summed E-state index contributed by atoms with van der Waals surface area (Å²) in [4.78, 5) is 22.7. The molecule has 0 spiro atoms. The van der Waals surface area contributed by atoms with Crippen LogP contribution in [0.1, 0.15) is 13.8 Å². The lowest BCUT2D eigenvalue weighted by molar-refractivity contribution is -0.140. The Kier molecular flexibility index (Phi) is 5.98. The average Bonchev–Trinajstić information content (AvgIpc) is 2.80. The van der Waals surface area contributed by atoms with Crippen molar-refractivity contribution in [3.63, 3.8) is 0 Å². The highest BCUT2D eigenvalue weighted by Crippen LogP contribution is 2.06. The van der Waals surface area contributed by atoms with Gasteiger partial charge in [0.1, 0.15) is 6.04 Å². The van der Waals surface area contributed by atoms with Crippen molar-refractivity contribution in [2.75, 3.05) is 19.0 Å². The van der Waals surface area contributed by atoms with Gasteiger partial charge < -0.3 is 20.5 Å². The van der Waals surface area contributed by atoms with E-state index in [2.05, 4.69) is 15.7 Å². The predicted molar refractivity (Wildman–Crippen MR) is 72.5 cm³/mol. The van der Waals surface area contributed by atoms with Gasteiger partial charge in [0.25, 0.3) is 0 Å². The number of carboxylic acid groups (broad SMARTS) is 1. The maximum atomic E-state index is 11.7. The molecular formula is C12H20N4O4. The molecule has 0 unspecified atom stereocenters. The minimum absolute atomic E-state index is 0.206. The van der Waals surface area contributed by atoms with Crippen molar-refractivity contribution >= 4 is 17.7 Å². The number of hydrogen-bond donors (Lipinski definition) is 3. The summed E-state index contributed by atoms with van der Waals surface area (Å²) < 4.78 is 6.54. The fraction of sp³-hybridized carbons (Fsp3) is 0.583. The minimum Gasteiger partial charge on any atom is -0.480 e. The Hall–Kier alpha value is -2.09. The number of ether oxygens (including phenoxy) is 1. The van der Waals surface area contributed by atoms with Crippen LogP contribution in [0.2, 0.25) is 0 Å². The molecule has 0 aliphatic rings. The van der Waals surface area contributed by atoms with E-state index < -0.39 is 18.0 Å². The predicted octanol–water partition coefficient (Wildman–Crippen LogP) is 0.760. The van der Waals surface area contributed by atoms with E-state index in [9.17, 15) is 9.59 Å². The van der Waals surface area contributed by atoms with Gasteiger partial charge in [0.15, 0.2) is 0 Å². The van der Waals surface area contributed by atoms with E-state index in [0.29, 0.717) is 18.8 Å². The fourth-order valence-electron chi connectivity index (χ4n) is 1.56. The Morgan fingerprint density at radius 2 is 2.20 bits per heavy atom. The van der Waals surface area contributed by atoms with Crippen LogP contribution < -0.4 is 10.6 Å². The summed E-state index contributed by atoms with van der Waals surface area (Å²) >= 11 is 0. The molecule has 1 rings (SSSR count). The van der Waals surface area contributed by atoms with Crippen molar-refractivity contribution < 1.29 is 19.4 Å². The van der Waals surface area contributed by atoms with Gasteiger partial charge in [-0.05, 0) is 5.92 Å². The average molecular weight is 284 g/mol. The summed E-state index contributed by atoms with van der Waals surface area (Å²) in [5.74, 6) is -1.27. The highest BCUT2D eigenvalue weighted by molar-refractivity contribution is 5.92. The molecule has 1 atom stereocenters. The normalized spacial score (nSPS) is 12.2. The van der Waals surface area contributed by atoms with Crippen LogP contribution in [-0.4, -0.2) is 46.6 Å². The van der Waals surface area contributed by atoms with Gasteiger partial charge in [-0.1, -0.05) is 13.8 Å². The number of methoxy groups -OCH3 is 1. The minimum atomic E-state index is -1.06. The molecule has 1 heterocycles. The fourth-order valence-corrected chi connectivity index (χ4v) is 1.56. The van der Waals surface area contributed by atoms with Crippen molar-refractivity contribution in [2.45, 2.75) is 26.4 Å². The molecule has 0 saturated heterocycles. The van der Waals surface area contributed by atoms with Crippen LogP contribution >= 0.6 is 0 Å². The quantitative estimate of drug-likeness (QED) is 0.685. The van der Waals surface area contributed by atoms with Gasteiger partial charge in [0.05, 0.1) is 25.0 Å². The second-order valence-electron chi connectivity index (χ2n) is 4.64. The Labute approximate surface area is 117 Å². The number of carboxylic acids is 1. The van der Waals surface area contributed by atoms with Crippen LogP contribution in [-0.2, 0) is 16.1 Å². The van der Waals surface area contributed by atoms with Gasteiger partial charge >= 0.3 is 12.0 Å². The third-order valence-corrected chi connectivity index (χ3v) is 2.63. The first-order valence-electron chi connectivity index (χ1n) is 6.25. The molecule has 112 valence electrons. The maximum absolute atomic E-state index is 11.7. The molecule has 3 N–H and O–H groups in total. The van der Waals surface area contributed by atoms with Crippen molar-refractivity contribution in [2.24, 2.45) is 5.92 Å². The van der Waals surface area contributed by atoms with E-state index in [0.717, 1.165) is 0 Å². The Morgan fingerprint density at radius 1 is 1.50 bits per heavy atom. The van der Waals surface area contributed by atoms with Crippen molar-refractivity contribution in [3.05, 3.63) is 12.4 Å². The molecule has 0 bridgehead atoms. The molecule has 1 aromatic heterocycles. The van der Waals surface area contributed by atoms with E-state index in [-0.39, 0.29) is 5.92 Å². The van der Waals surface area contributed by atoms with Crippen LogP contribution in [0.25, 0.3) is 0 Å². The molecule has 1 aromatic rings. The van der Waals surface area contributed by atoms with Crippen LogP contribution in [0.4, 0.5) is 10.5 Å². The summed E-state index contributed by atoms with van der Waals surface area (Å²) in [5, 5.41) is 18.0. The second kappa shape index (κ2) is 7.49. The number of anilines is 1. The zero-order valence-corrected chi connectivity index (χ0v) is 11.8. The van der Waals surface area contributed by atoms with Crippen molar-refractivity contribution in [1.29, 1.82) is 0 Å². The number of aromatic nitrogens is 2. The number of hydrogen-bond acceptors (Lipinski definition) is 4. The van der Waals surface area contributed by atoms with Crippen LogP contribution in [0.3, 0.4) is 0 Å². The highest BCUT2D eigenvalue weighted by Gasteiger charge is 2.23. The van der Waals surface area contributed by atoms with Crippen molar-refractivity contribution in [3.8, 4) is 0 Å². The number of urea groups is 1. The van der Waals surface area contributed by atoms with E-state index in [1.165, 1.54) is 6.20 Å². The molecule has 0 aliphatic carbocycles. The number of carbonyl (C=O) groups is 2. The smallest absolute Gasteiger partial charge is 0.326 e. The number of aliphatic carboxylic acids is 1. The van der Waals surface area contributed by atoms with Gasteiger partial charge in [-0.2, -0.15) is 5.10 Å². The standard InChI is InChI=1S/C12H20N4O4/c1-8(2)10(11(17)18)15-12(19)14-9-6-13-16(7-9)4-5-20-3/h6-8,10H,4-5H2,1-3H3,(H,17,18)(H2,14,15,19)/t10-/m0/s1. The Bertz CT molecular complexity index is 458. The first-order chi connectivity index (χ1) is 9.43. The number of carbonyl (C=O) groups excluding carboxylic acids is 1. The van der Waals surface area contributed by atoms with Crippen LogP contribution in [0.15, 0.2) is 12.4 Å². The zero-order chi connectivity index (χ0) is 15.1. The first-order valence-corrected chi connectivity index (χ1v) is 6.25. The lowest BCUT2D eigenvalue weighted by Crippen LogP contribution is -2.46. The van der Waals surface area contributed by atoms with E-state index in [1.807, 2.05) is 0 Å². The zero-order valence-electron chi connectivity index (χ0n) is 11.8. The topological polar surface area (TPSA) is 105 Å². The lowest BCUT2D eigenvalue weighted by atomic mass is 10.1. The summed E-state index contributed by atoms with van der Waals surface area (Å²) in [6.45, 7) is 4.54. The molecule has 20 heavy (non-hydrogen) atoms. The molecule has 0 aromatic carbocycles. The van der Waals surface area contributed by atoms with E-state index >= 15 is 0 Å². The van der Waals surface area contributed by atoms with E-state index in [1.54, 1.807) is 31.8 Å². The highest BCUT2D eigenvalue weighted by atomic mass is 16.5. The maximum Gasteiger partial charge on any atom is 0.326 e. The largest absolute Gasteiger partial charge is 0.480 e. The number of nitrogens with one attached hydrogen (secondary N) is 2. The van der Waals surface area contributed by atoms with Gasteiger partial charge in [-0.3, -0.25) is 4.68 Å². The molecule has 0 radical (unpaired) electrons. The third kappa shape index (κ3) is 4.88. The SMILES string of the molecule is COCCn1cc(NC(=O)N[C@H](C(=O)O)C(C)C)cn1. The van der Waals surface area contributed by atoms with Gasteiger partial charge in [0.2, 0.25) is 0 Å². The molecule has 0 saturated carbocycles. The van der Waals surface area contributed by atoms with Crippen molar-refractivity contribution in [1.82, 2.24) is 15.1 Å². The molecular weight excluding hydrogens is 264 g/mol. The van der Waals surface area contributed by atoms with Gasteiger partial charge in [0, 0.05) is 13.3 Å². The van der Waals surface area contributed by atoms with Gasteiger partial charge in [-0.15, -0.1) is 0 Å². The monoisotopic (exact) mass is 284 g/mol. The van der Waals surface area contributed by atoms with Crippen LogP contribution in [0, 0.1) is 5.92 Å². The van der Waals surface area contributed by atoms with Crippen LogP contribution in [0.5, 0.6) is 0 Å². The van der Waals surface area contributed by atoms with Gasteiger partial charge in [-0.25, -0.2) is 9.59 Å². The Morgan fingerprint density at radius 3 is 2.75 bits per heavy atom. The summed E-state index contributed by atoms with van der Waals surface area (Å²) in [6.07, 6.45) is 3.13. The summed E-state index contributed by atoms with van der Waals surface area (Å²) in [5.41, 5.74) is 0.492. The summed E-state index contributed by atoms with van der Waals surface area (Å²) in [6, 6.07) is -1.50.